The third kappa shape index (κ3) is 3.18. The summed E-state index contributed by atoms with van der Waals surface area (Å²) in [6.45, 7) is 6.31. The average Bonchev–Trinajstić information content (AvgIpc) is 3.54. The van der Waals surface area contributed by atoms with Crippen LogP contribution in [0.25, 0.3) is 28.0 Å². The van der Waals surface area contributed by atoms with Crippen LogP contribution in [0.3, 0.4) is 0 Å². The quantitative estimate of drug-likeness (QED) is 0.364. The van der Waals surface area contributed by atoms with E-state index in [1.165, 1.54) is 27.9 Å². The fourth-order valence-electron chi connectivity index (χ4n) is 4.12. The van der Waals surface area contributed by atoms with Crippen molar-refractivity contribution in [3.8, 4) is 22.4 Å². The highest BCUT2D eigenvalue weighted by molar-refractivity contribution is 6.35. The van der Waals surface area contributed by atoms with E-state index in [0.29, 0.717) is 0 Å². The van der Waals surface area contributed by atoms with Crippen LogP contribution in [0, 0.1) is 0 Å². The van der Waals surface area contributed by atoms with Crippen LogP contribution in [0.4, 0.5) is 0 Å². The van der Waals surface area contributed by atoms with Gasteiger partial charge in [0.15, 0.2) is 0 Å². The van der Waals surface area contributed by atoms with Gasteiger partial charge in [-0.3, -0.25) is 4.98 Å². The van der Waals surface area contributed by atoms with E-state index >= 15 is 0 Å². The predicted molar refractivity (Wildman–Crippen MR) is 126 cm³/mol. The van der Waals surface area contributed by atoms with Crippen LogP contribution in [0.5, 0.6) is 0 Å². The third-order valence-corrected chi connectivity index (χ3v) is 6.37. The van der Waals surface area contributed by atoms with Crippen LogP contribution in [-0.2, 0) is 12.8 Å². The lowest BCUT2D eigenvalue weighted by molar-refractivity contribution is 0.588. The molecule has 0 saturated heterocycles. The number of benzene rings is 2. The number of pyridine rings is 1. The number of nitrogens with zero attached hydrogens (tertiary/aromatic N) is 2. The van der Waals surface area contributed by atoms with Crippen molar-refractivity contribution in [2.45, 2.75) is 19.8 Å². The Hall–Kier alpha value is -3.10. The topological polar surface area (TPSA) is 16.1 Å². The van der Waals surface area contributed by atoms with E-state index in [2.05, 4.69) is 74.2 Å². The first kappa shape index (κ1) is 18.9. The van der Waals surface area contributed by atoms with E-state index < -0.39 is 0 Å². The van der Waals surface area contributed by atoms with Gasteiger partial charge in [-0.05, 0) is 46.9 Å². The average molecular weight is 411 g/mol. The summed E-state index contributed by atoms with van der Waals surface area (Å²) in [6, 6.07) is 17.0. The van der Waals surface area contributed by atoms with Gasteiger partial charge < -0.3 is 4.90 Å². The molecule has 0 unspecified atom stereocenters. The Balaban J connectivity index is 1.63. The van der Waals surface area contributed by atoms with Crippen molar-refractivity contribution >= 4 is 17.2 Å². The molecule has 0 fully saturated rings. The second-order valence-corrected chi connectivity index (χ2v) is 8.23. The zero-order valence-electron chi connectivity index (χ0n) is 17.2. The van der Waals surface area contributed by atoms with Gasteiger partial charge in [0, 0.05) is 47.7 Å². The first-order chi connectivity index (χ1) is 14.6. The second-order valence-electron chi connectivity index (χ2n) is 7.85. The minimum Gasteiger partial charge on any atom is -0.351 e. The van der Waals surface area contributed by atoms with Crippen LogP contribution in [0.1, 0.15) is 29.3 Å². The Morgan fingerprint density at radius 3 is 2.47 bits per heavy atom. The van der Waals surface area contributed by atoms with Gasteiger partial charge in [-0.15, -0.1) is 0 Å². The second kappa shape index (κ2) is 7.30. The Kier molecular flexibility index (Phi) is 4.60. The first-order valence-electron chi connectivity index (χ1n) is 10.3. The molecule has 2 aromatic carbocycles. The number of aromatic nitrogens is 1. The lowest BCUT2D eigenvalue weighted by Crippen LogP contribution is -2.10. The Labute approximate surface area is 182 Å². The molecule has 148 valence electrons. The number of rotatable bonds is 4. The standard InChI is InChI=1S/C27H23ClN2/c1-4-20-22(8-6-9-23(20)25-12-11-19-16-26(19)29-25)24-10-5-7-21(27(24)28)18-13-14-30(3)17(2)15-18/h5-15H,2,4,16H2,1,3H3. The molecule has 0 atom stereocenters. The molecule has 1 aromatic heterocycles. The van der Waals surface area contributed by atoms with Crippen LogP contribution < -0.4 is 0 Å². The van der Waals surface area contributed by atoms with Crippen molar-refractivity contribution in [1.29, 1.82) is 0 Å². The summed E-state index contributed by atoms with van der Waals surface area (Å²) >= 11 is 6.99. The van der Waals surface area contributed by atoms with E-state index in [-0.39, 0.29) is 0 Å². The van der Waals surface area contributed by atoms with E-state index in [9.17, 15) is 0 Å². The summed E-state index contributed by atoms with van der Waals surface area (Å²) in [5, 5.41) is 0.769. The molecule has 0 radical (unpaired) electrons. The monoisotopic (exact) mass is 410 g/mol. The number of likely N-dealkylation sites (N-methyl/N-ethyl adjacent to an activating group) is 1. The summed E-state index contributed by atoms with van der Waals surface area (Å²) in [6.07, 6.45) is 8.12. The highest BCUT2D eigenvalue weighted by Gasteiger charge is 2.21. The highest BCUT2D eigenvalue weighted by Crippen LogP contribution is 2.40. The smallest absolute Gasteiger partial charge is 0.0708 e. The summed E-state index contributed by atoms with van der Waals surface area (Å²) in [5.74, 6) is 0. The zero-order chi connectivity index (χ0) is 20.8. The van der Waals surface area contributed by atoms with Gasteiger partial charge in [-0.25, -0.2) is 0 Å². The molecule has 2 nitrogen and oxygen atoms in total. The lowest BCUT2D eigenvalue weighted by atomic mass is 9.90. The van der Waals surface area contributed by atoms with Crippen LogP contribution in [0.2, 0.25) is 5.02 Å². The van der Waals surface area contributed by atoms with E-state index in [1.54, 1.807) is 0 Å². The summed E-state index contributed by atoms with van der Waals surface area (Å²) in [4.78, 5) is 6.84. The molecule has 5 rings (SSSR count). The third-order valence-electron chi connectivity index (χ3n) is 5.96. The van der Waals surface area contributed by atoms with Crippen molar-refractivity contribution in [3.05, 3.63) is 107 Å². The molecule has 0 N–H and O–H groups in total. The van der Waals surface area contributed by atoms with Gasteiger partial charge in [-0.1, -0.05) is 67.6 Å². The van der Waals surface area contributed by atoms with E-state index in [4.69, 9.17) is 16.6 Å². The molecule has 1 aliphatic carbocycles. The Morgan fingerprint density at radius 1 is 1.00 bits per heavy atom. The number of allylic oxidation sites excluding steroid dienone is 3. The molecule has 0 saturated carbocycles. The lowest BCUT2D eigenvalue weighted by Gasteiger charge is -2.21. The van der Waals surface area contributed by atoms with Crippen molar-refractivity contribution in [3.63, 3.8) is 0 Å². The van der Waals surface area contributed by atoms with Gasteiger partial charge in [0.1, 0.15) is 0 Å². The van der Waals surface area contributed by atoms with Crippen LogP contribution in [-0.4, -0.2) is 16.9 Å². The highest BCUT2D eigenvalue weighted by atomic mass is 35.5. The number of halogens is 1. The normalized spacial score (nSPS) is 14.6. The molecule has 0 bridgehead atoms. The maximum Gasteiger partial charge on any atom is 0.0708 e. The molecule has 0 spiro atoms. The molecular weight excluding hydrogens is 388 g/mol. The van der Waals surface area contributed by atoms with Crippen molar-refractivity contribution in [1.82, 2.24) is 9.88 Å². The van der Waals surface area contributed by atoms with Gasteiger partial charge in [-0.2, -0.15) is 0 Å². The van der Waals surface area contributed by atoms with Crippen LogP contribution in [0.15, 0.2) is 79.2 Å². The largest absolute Gasteiger partial charge is 0.351 e. The number of hydrogen-bond donors (Lipinski definition) is 0. The molecule has 30 heavy (non-hydrogen) atoms. The Bertz CT molecular complexity index is 1250. The first-order valence-corrected chi connectivity index (χ1v) is 10.7. The minimum atomic E-state index is 0.769. The fourth-order valence-corrected chi connectivity index (χ4v) is 4.46. The molecule has 1 aliphatic heterocycles. The fraction of sp³-hybridized carbons (Fsp3) is 0.148. The SMILES string of the molecule is C=C1C=C(c2cccc(-c3cccc(-c4ccc5c(n4)C5)c3CC)c2Cl)C=CN1C. The molecule has 0 amide bonds. The maximum atomic E-state index is 6.99. The molecule has 2 heterocycles. The molecule has 3 aromatic rings. The maximum absolute atomic E-state index is 6.99. The molecule has 2 aliphatic rings. The van der Waals surface area contributed by atoms with Gasteiger partial charge in [0.25, 0.3) is 0 Å². The minimum absolute atomic E-state index is 0.769. The predicted octanol–water partition coefficient (Wildman–Crippen LogP) is 6.89. The van der Waals surface area contributed by atoms with Gasteiger partial charge in [0.05, 0.1) is 10.7 Å². The zero-order valence-corrected chi connectivity index (χ0v) is 18.0. The van der Waals surface area contributed by atoms with Crippen LogP contribution >= 0.6 is 11.6 Å². The van der Waals surface area contributed by atoms with E-state index in [0.717, 1.165) is 46.0 Å². The van der Waals surface area contributed by atoms with Gasteiger partial charge in [0.2, 0.25) is 0 Å². The number of fused-ring (bicyclic) bond motifs is 1. The summed E-state index contributed by atoms with van der Waals surface area (Å²) in [5.41, 5.74) is 11.4. The van der Waals surface area contributed by atoms with Crippen molar-refractivity contribution < 1.29 is 0 Å². The molecule has 3 heteroatoms. The molecular formula is C27H23ClN2. The summed E-state index contributed by atoms with van der Waals surface area (Å²) < 4.78 is 0. The Morgan fingerprint density at radius 2 is 1.73 bits per heavy atom. The number of hydrogen-bond acceptors (Lipinski definition) is 2. The summed E-state index contributed by atoms with van der Waals surface area (Å²) in [7, 11) is 1.99. The van der Waals surface area contributed by atoms with Crippen molar-refractivity contribution in [2.75, 3.05) is 7.05 Å². The van der Waals surface area contributed by atoms with E-state index in [1.807, 2.05) is 18.1 Å². The van der Waals surface area contributed by atoms with Gasteiger partial charge >= 0.3 is 0 Å². The van der Waals surface area contributed by atoms with Crippen molar-refractivity contribution in [2.24, 2.45) is 0 Å².